The fourth-order valence-electron chi connectivity index (χ4n) is 2.34. The second-order valence-electron chi connectivity index (χ2n) is 5.86. The third-order valence-electron chi connectivity index (χ3n) is 2.97. The van der Waals surface area contributed by atoms with Gasteiger partial charge >= 0.3 is 0 Å². The van der Waals surface area contributed by atoms with Gasteiger partial charge in [-0.1, -0.05) is 33.8 Å². The van der Waals surface area contributed by atoms with Crippen LogP contribution in [0.3, 0.4) is 0 Å². The molecule has 0 aromatic carbocycles. The van der Waals surface area contributed by atoms with Gasteiger partial charge in [0.2, 0.25) is 0 Å². The van der Waals surface area contributed by atoms with Crippen molar-refractivity contribution in [2.75, 3.05) is 0 Å². The molecule has 0 fully saturated rings. The zero-order chi connectivity index (χ0) is 12.8. The summed E-state index contributed by atoms with van der Waals surface area (Å²) in [6.45, 7) is 11.5. The van der Waals surface area contributed by atoms with Crippen LogP contribution in [0.5, 0.6) is 0 Å². The van der Waals surface area contributed by atoms with Crippen LogP contribution in [0, 0.1) is 11.8 Å². The van der Waals surface area contributed by atoms with Crippen LogP contribution in [-0.4, -0.2) is 6.04 Å². The molecule has 0 saturated heterocycles. The first-order valence-corrected chi connectivity index (χ1v) is 7.66. The van der Waals surface area contributed by atoms with Crippen molar-refractivity contribution in [2.24, 2.45) is 11.8 Å². The fourth-order valence-corrected chi connectivity index (χ4v) is 3.09. The van der Waals surface area contributed by atoms with Gasteiger partial charge < -0.3 is 5.32 Å². The van der Waals surface area contributed by atoms with Crippen molar-refractivity contribution >= 4 is 11.3 Å². The molecule has 2 heteroatoms. The van der Waals surface area contributed by atoms with E-state index in [1.807, 2.05) is 11.3 Å². The number of hydrogen-bond donors (Lipinski definition) is 1. The zero-order valence-electron chi connectivity index (χ0n) is 11.9. The van der Waals surface area contributed by atoms with Gasteiger partial charge in [0.05, 0.1) is 0 Å². The molecule has 0 bridgehead atoms. The standard InChI is InChI=1S/C15H27NS/c1-11(2)9-14(10-12(3)4)16-13(5)15-7-6-8-17-15/h6-8,11-14,16H,9-10H2,1-5H3/t13-/m0/s1. The second kappa shape index (κ2) is 7.17. The average molecular weight is 253 g/mol. The van der Waals surface area contributed by atoms with E-state index in [1.165, 1.54) is 17.7 Å². The SMILES string of the molecule is CC(C)CC(CC(C)C)N[C@@H](C)c1cccs1. The molecule has 1 aromatic rings. The topological polar surface area (TPSA) is 12.0 Å². The Bertz CT molecular complexity index is 280. The normalized spacial score (nSPS) is 13.9. The van der Waals surface area contributed by atoms with Gasteiger partial charge in [-0.05, 0) is 43.0 Å². The third kappa shape index (κ3) is 5.69. The van der Waals surface area contributed by atoms with Gasteiger partial charge in [-0.2, -0.15) is 0 Å². The van der Waals surface area contributed by atoms with Crippen LogP contribution in [-0.2, 0) is 0 Å². The predicted octanol–water partition coefficient (Wildman–Crippen LogP) is 4.86. The Morgan fingerprint density at radius 1 is 1.06 bits per heavy atom. The van der Waals surface area contributed by atoms with E-state index in [4.69, 9.17) is 0 Å². The summed E-state index contributed by atoms with van der Waals surface area (Å²) in [5.41, 5.74) is 0. The van der Waals surface area contributed by atoms with Crippen LogP contribution < -0.4 is 5.32 Å². The molecule has 98 valence electrons. The monoisotopic (exact) mass is 253 g/mol. The van der Waals surface area contributed by atoms with Gasteiger partial charge in [0.15, 0.2) is 0 Å². The highest BCUT2D eigenvalue weighted by molar-refractivity contribution is 7.10. The Morgan fingerprint density at radius 2 is 1.65 bits per heavy atom. The van der Waals surface area contributed by atoms with Crippen molar-refractivity contribution in [1.29, 1.82) is 0 Å². The number of nitrogens with one attached hydrogen (secondary N) is 1. The molecule has 0 aliphatic heterocycles. The molecule has 1 atom stereocenters. The van der Waals surface area contributed by atoms with Gasteiger partial charge in [-0.3, -0.25) is 0 Å². The maximum atomic E-state index is 3.79. The van der Waals surface area contributed by atoms with Gasteiger partial charge in [0.1, 0.15) is 0 Å². The molecule has 1 aromatic heterocycles. The highest BCUT2D eigenvalue weighted by Gasteiger charge is 2.16. The third-order valence-corrected chi connectivity index (χ3v) is 4.02. The molecule has 0 unspecified atom stereocenters. The lowest BCUT2D eigenvalue weighted by atomic mass is 9.95. The molecule has 17 heavy (non-hydrogen) atoms. The van der Waals surface area contributed by atoms with Crippen molar-refractivity contribution < 1.29 is 0 Å². The zero-order valence-corrected chi connectivity index (χ0v) is 12.7. The van der Waals surface area contributed by atoms with Gasteiger partial charge in [-0.15, -0.1) is 11.3 Å². The lowest BCUT2D eigenvalue weighted by Crippen LogP contribution is -2.33. The van der Waals surface area contributed by atoms with E-state index in [0.717, 1.165) is 11.8 Å². The molecule has 0 spiro atoms. The predicted molar refractivity (Wildman–Crippen MR) is 78.6 cm³/mol. The van der Waals surface area contributed by atoms with Crippen LogP contribution in [0.15, 0.2) is 17.5 Å². The summed E-state index contributed by atoms with van der Waals surface area (Å²) in [5, 5.41) is 5.95. The maximum absolute atomic E-state index is 3.79. The molecule has 1 heterocycles. The molecular weight excluding hydrogens is 226 g/mol. The smallest absolute Gasteiger partial charge is 0.0388 e. The molecule has 0 aliphatic rings. The fraction of sp³-hybridized carbons (Fsp3) is 0.733. The minimum atomic E-state index is 0.484. The quantitative estimate of drug-likeness (QED) is 0.732. The summed E-state index contributed by atoms with van der Waals surface area (Å²) in [4.78, 5) is 1.45. The van der Waals surface area contributed by atoms with Gasteiger partial charge in [0.25, 0.3) is 0 Å². The summed E-state index contributed by atoms with van der Waals surface area (Å²) in [6, 6.07) is 5.49. The Labute approximate surface area is 111 Å². The first kappa shape index (κ1) is 14.7. The van der Waals surface area contributed by atoms with Crippen LogP contribution >= 0.6 is 11.3 Å². The summed E-state index contributed by atoms with van der Waals surface area (Å²) in [5.74, 6) is 1.53. The van der Waals surface area contributed by atoms with Crippen LogP contribution in [0.25, 0.3) is 0 Å². The molecule has 0 aliphatic carbocycles. The molecule has 0 radical (unpaired) electrons. The Hall–Kier alpha value is -0.340. The van der Waals surface area contributed by atoms with E-state index in [0.29, 0.717) is 12.1 Å². The van der Waals surface area contributed by atoms with E-state index in [-0.39, 0.29) is 0 Å². The minimum absolute atomic E-state index is 0.484. The Morgan fingerprint density at radius 3 is 2.06 bits per heavy atom. The molecule has 1 N–H and O–H groups in total. The van der Waals surface area contributed by atoms with Gasteiger partial charge in [0, 0.05) is 17.0 Å². The van der Waals surface area contributed by atoms with Crippen molar-refractivity contribution in [3.05, 3.63) is 22.4 Å². The summed E-state index contributed by atoms with van der Waals surface area (Å²) in [6.07, 6.45) is 2.54. The van der Waals surface area contributed by atoms with Crippen LogP contribution in [0.2, 0.25) is 0 Å². The van der Waals surface area contributed by atoms with E-state index in [9.17, 15) is 0 Å². The summed E-state index contributed by atoms with van der Waals surface area (Å²) in [7, 11) is 0. The maximum Gasteiger partial charge on any atom is 0.0388 e. The summed E-state index contributed by atoms with van der Waals surface area (Å²) >= 11 is 1.85. The Kier molecular flexibility index (Phi) is 6.21. The summed E-state index contributed by atoms with van der Waals surface area (Å²) < 4.78 is 0. The molecule has 1 nitrogen and oxygen atoms in total. The highest BCUT2D eigenvalue weighted by Crippen LogP contribution is 2.22. The van der Waals surface area contributed by atoms with Crippen molar-refractivity contribution in [1.82, 2.24) is 5.32 Å². The first-order valence-electron chi connectivity index (χ1n) is 6.78. The van der Waals surface area contributed by atoms with Gasteiger partial charge in [-0.25, -0.2) is 0 Å². The van der Waals surface area contributed by atoms with E-state index >= 15 is 0 Å². The highest BCUT2D eigenvalue weighted by atomic mass is 32.1. The van der Waals surface area contributed by atoms with E-state index in [2.05, 4.69) is 57.4 Å². The second-order valence-corrected chi connectivity index (χ2v) is 6.84. The van der Waals surface area contributed by atoms with E-state index < -0.39 is 0 Å². The number of thiophene rings is 1. The Balaban J connectivity index is 2.52. The lowest BCUT2D eigenvalue weighted by molar-refractivity contribution is 0.337. The van der Waals surface area contributed by atoms with E-state index in [1.54, 1.807) is 0 Å². The van der Waals surface area contributed by atoms with Crippen LogP contribution in [0.4, 0.5) is 0 Å². The molecule has 0 saturated carbocycles. The van der Waals surface area contributed by atoms with Crippen molar-refractivity contribution in [2.45, 2.75) is 59.5 Å². The molecule has 0 amide bonds. The number of rotatable bonds is 7. The number of hydrogen-bond acceptors (Lipinski definition) is 2. The average Bonchev–Trinajstić information content (AvgIpc) is 2.67. The minimum Gasteiger partial charge on any atom is -0.307 e. The van der Waals surface area contributed by atoms with Crippen molar-refractivity contribution in [3.8, 4) is 0 Å². The lowest BCUT2D eigenvalue weighted by Gasteiger charge is -2.26. The largest absolute Gasteiger partial charge is 0.307 e. The van der Waals surface area contributed by atoms with Crippen molar-refractivity contribution in [3.63, 3.8) is 0 Å². The van der Waals surface area contributed by atoms with Crippen LogP contribution in [0.1, 0.15) is 58.4 Å². The molecule has 1 rings (SSSR count). The molecular formula is C15H27NS. The first-order chi connectivity index (χ1) is 7.99.